The number of hydrogen-bond donors (Lipinski definition) is 1. The van der Waals surface area contributed by atoms with Crippen LogP contribution in [0.1, 0.15) is 29.1 Å². The summed E-state index contributed by atoms with van der Waals surface area (Å²) >= 11 is 1.89. The predicted molar refractivity (Wildman–Crippen MR) is 78.1 cm³/mol. The highest BCUT2D eigenvalue weighted by Crippen LogP contribution is 2.33. The molecule has 1 aliphatic rings. The van der Waals surface area contributed by atoms with Crippen LogP contribution in [-0.2, 0) is 19.5 Å². The molecular formula is C14H20N4S. The molecule has 1 atom stereocenters. The van der Waals surface area contributed by atoms with Crippen molar-refractivity contribution in [2.45, 2.75) is 32.5 Å². The lowest BCUT2D eigenvalue weighted by Gasteiger charge is -2.32. The molecule has 0 bridgehead atoms. The molecule has 0 amide bonds. The minimum Gasteiger partial charge on any atom is -0.336 e. The Morgan fingerprint density at radius 3 is 3.26 bits per heavy atom. The van der Waals surface area contributed by atoms with E-state index in [0.717, 1.165) is 25.3 Å². The number of nitrogens with zero attached hydrogens (tertiary/aromatic N) is 3. The first-order chi connectivity index (χ1) is 9.28. The van der Waals surface area contributed by atoms with E-state index in [1.165, 1.54) is 12.0 Å². The van der Waals surface area contributed by atoms with Gasteiger partial charge in [0, 0.05) is 43.3 Å². The first kappa shape index (κ1) is 12.8. The Bertz CT molecular complexity index is 545. The fourth-order valence-corrected chi connectivity index (χ4v) is 3.71. The van der Waals surface area contributed by atoms with Gasteiger partial charge in [-0.25, -0.2) is 4.98 Å². The second-order valence-electron chi connectivity index (χ2n) is 5.09. The summed E-state index contributed by atoms with van der Waals surface area (Å²) in [6.07, 6.45) is 5.16. The van der Waals surface area contributed by atoms with Gasteiger partial charge in [-0.15, -0.1) is 11.3 Å². The molecule has 3 rings (SSSR count). The van der Waals surface area contributed by atoms with E-state index in [-0.39, 0.29) is 0 Å². The zero-order chi connectivity index (χ0) is 13.2. The number of hydrogen-bond acceptors (Lipinski definition) is 4. The van der Waals surface area contributed by atoms with Crippen LogP contribution in [0.25, 0.3) is 0 Å². The molecule has 19 heavy (non-hydrogen) atoms. The lowest BCUT2D eigenvalue weighted by atomic mass is 10.0. The molecular weight excluding hydrogens is 256 g/mol. The van der Waals surface area contributed by atoms with E-state index < -0.39 is 0 Å². The van der Waals surface area contributed by atoms with Gasteiger partial charge in [0.25, 0.3) is 0 Å². The van der Waals surface area contributed by atoms with Gasteiger partial charge < -0.3 is 10.3 Å². The summed E-state index contributed by atoms with van der Waals surface area (Å²) < 4.78 is 2.07. The van der Waals surface area contributed by atoms with Gasteiger partial charge >= 0.3 is 0 Å². The van der Waals surface area contributed by atoms with Gasteiger partial charge in [0.2, 0.25) is 0 Å². The average molecular weight is 276 g/mol. The second-order valence-corrected chi connectivity index (χ2v) is 6.09. The van der Waals surface area contributed by atoms with E-state index >= 15 is 0 Å². The van der Waals surface area contributed by atoms with Crippen LogP contribution in [0.2, 0.25) is 0 Å². The first-order valence-corrected chi connectivity index (χ1v) is 7.67. The van der Waals surface area contributed by atoms with Crippen molar-refractivity contribution >= 4 is 11.3 Å². The van der Waals surface area contributed by atoms with Gasteiger partial charge in [-0.2, -0.15) is 0 Å². The van der Waals surface area contributed by atoms with Crippen molar-refractivity contribution in [2.75, 3.05) is 13.1 Å². The zero-order valence-electron chi connectivity index (χ0n) is 11.2. The van der Waals surface area contributed by atoms with E-state index in [9.17, 15) is 0 Å². The fourth-order valence-electron chi connectivity index (χ4n) is 2.74. The van der Waals surface area contributed by atoms with Crippen molar-refractivity contribution in [1.82, 2.24) is 14.5 Å². The van der Waals surface area contributed by atoms with E-state index in [0.29, 0.717) is 12.6 Å². The highest BCUT2D eigenvalue weighted by atomic mass is 32.1. The molecule has 2 aromatic rings. The number of nitrogens with two attached hydrogens (primary N) is 1. The number of fused-ring (bicyclic) bond motifs is 1. The highest BCUT2D eigenvalue weighted by molar-refractivity contribution is 7.10. The largest absolute Gasteiger partial charge is 0.336 e. The van der Waals surface area contributed by atoms with Crippen molar-refractivity contribution < 1.29 is 0 Å². The molecule has 1 unspecified atom stereocenters. The minimum atomic E-state index is 0.495. The molecule has 2 N–H and O–H groups in total. The van der Waals surface area contributed by atoms with Gasteiger partial charge in [-0.05, 0) is 30.4 Å². The van der Waals surface area contributed by atoms with Gasteiger partial charge in [0.05, 0.1) is 12.0 Å². The molecule has 2 aromatic heterocycles. The Balaban J connectivity index is 1.70. The van der Waals surface area contributed by atoms with E-state index in [1.54, 1.807) is 4.88 Å². The Morgan fingerprint density at radius 2 is 2.42 bits per heavy atom. The number of aromatic nitrogens is 2. The van der Waals surface area contributed by atoms with Crippen LogP contribution in [-0.4, -0.2) is 27.5 Å². The smallest absolute Gasteiger partial charge is 0.0950 e. The van der Waals surface area contributed by atoms with Gasteiger partial charge in [0.1, 0.15) is 0 Å². The van der Waals surface area contributed by atoms with E-state index in [4.69, 9.17) is 5.73 Å². The maximum absolute atomic E-state index is 5.56. The third-order valence-corrected chi connectivity index (χ3v) is 4.84. The van der Waals surface area contributed by atoms with E-state index in [1.807, 2.05) is 17.7 Å². The molecule has 3 heterocycles. The molecule has 0 aromatic carbocycles. The van der Waals surface area contributed by atoms with Crippen LogP contribution < -0.4 is 5.73 Å². The highest BCUT2D eigenvalue weighted by Gasteiger charge is 2.24. The van der Waals surface area contributed by atoms with E-state index in [2.05, 4.69) is 39.0 Å². The SMILES string of the molecule is CC1c2ccsc2CCN1Cc1cn(CCN)cn1. The van der Waals surface area contributed by atoms with Crippen LogP contribution in [0.5, 0.6) is 0 Å². The Kier molecular flexibility index (Phi) is 3.68. The lowest BCUT2D eigenvalue weighted by Crippen LogP contribution is -2.32. The molecule has 0 spiro atoms. The molecule has 0 saturated heterocycles. The quantitative estimate of drug-likeness (QED) is 0.929. The minimum absolute atomic E-state index is 0.495. The molecule has 0 radical (unpaired) electrons. The summed E-state index contributed by atoms with van der Waals surface area (Å²) in [6.45, 7) is 5.85. The first-order valence-electron chi connectivity index (χ1n) is 6.79. The molecule has 0 aliphatic carbocycles. The summed E-state index contributed by atoms with van der Waals surface area (Å²) in [7, 11) is 0. The molecule has 4 nitrogen and oxygen atoms in total. The third-order valence-electron chi connectivity index (χ3n) is 3.84. The van der Waals surface area contributed by atoms with Crippen LogP contribution >= 0.6 is 11.3 Å². The van der Waals surface area contributed by atoms with Crippen LogP contribution in [0.15, 0.2) is 24.0 Å². The Labute approximate surface area is 117 Å². The molecule has 0 fully saturated rings. The summed E-state index contributed by atoms with van der Waals surface area (Å²) in [6, 6.07) is 2.76. The van der Waals surface area contributed by atoms with Crippen molar-refractivity contribution in [3.05, 3.63) is 40.1 Å². The van der Waals surface area contributed by atoms with Gasteiger partial charge in [-0.1, -0.05) is 0 Å². The number of thiophene rings is 1. The van der Waals surface area contributed by atoms with Crippen molar-refractivity contribution in [3.63, 3.8) is 0 Å². The maximum Gasteiger partial charge on any atom is 0.0950 e. The zero-order valence-corrected chi connectivity index (χ0v) is 12.1. The normalized spacial score (nSPS) is 19.6. The molecule has 0 saturated carbocycles. The number of rotatable bonds is 4. The second kappa shape index (κ2) is 5.45. The Morgan fingerprint density at radius 1 is 1.53 bits per heavy atom. The topological polar surface area (TPSA) is 47.1 Å². The molecule has 102 valence electrons. The summed E-state index contributed by atoms with van der Waals surface area (Å²) in [5.41, 5.74) is 8.20. The van der Waals surface area contributed by atoms with Crippen LogP contribution in [0.4, 0.5) is 0 Å². The van der Waals surface area contributed by atoms with Gasteiger partial charge in [0.15, 0.2) is 0 Å². The molecule has 5 heteroatoms. The summed E-state index contributed by atoms with van der Waals surface area (Å²) in [5.74, 6) is 0. The van der Waals surface area contributed by atoms with Gasteiger partial charge in [-0.3, -0.25) is 4.90 Å². The van der Waals surface area contributed by atoms with Crippen molar-refractivity contribution in [3.8, 4) is 0 Å². The average Bonchev–Trinajstić information content (AvgIpc) is 3.03. The van der Waals surface area contributed by atoms with Crippen molar-refractivity contribution in [1.29, 1.82) is 0 Å². The third kappa shape index (κ3) is 2.59. The monoisotopic (exact) mass is 276 g/mol. The number of imidazole rings is 1. The van der Waals surface area contributed by atoms with Crippen LogP contribution in [0.3, 0.4) is 0 Å². The summed E-state index contributed by atoms with van der Waals surface area (Å²) in [5, 5.41) is 2.21. The summed E-state index contributed by atoms with van der Waals surface area (Å²) in [4.78, 5) is 8.53. The standard InChI is InChI=1S/C14H20N4S/c1-11-13-3-7-19-14(13)2-5-18(11)9-12-8-17(6-4-15)10-16-12/h3,7-8,10-11H,2,4-6,9,15H2,1H3. The van der Waals surface area contributed by atoms with Crippen molar-refractivity contribution in [2.24, 2.45) is 5.73 Å². The maximum atomic E-state index is 5.56. The Hall–Kier alpha value is -1.17. The van der Waals surface area contributed by atoms with Crippen LogP contribution in [0, 0.1) is 0 Å². The lowest BCUT2D eigenvalue weighted by molar-refractivity contribution is 0.189. The predicted octanol–water partition coefficient (Wildman–Crippen LogP) is 2.02. The fraction of sp³-hybridized carbons (Fsp3) is 0.500. The molecule has 1 aliphatic heterocycles.